The predicted molar refractivity (Wildman–Crippen MR) is 78.1 cm³/mol. The maximum Gasteiger partial charge on any atom is 0.257 e. The molecule has 0 saturated carbocycles. The number of H-pyrrole nitrogens is 1. The molecular formula is C13H13N5OS. The Kier molecular flexibility index (Phi) is 3.19. The second kappa shape index (κ2) is 5.01. The van der Waals surface area contributed by atoms with E-state index in [4.69, 9.17) is 0 Å². The first-order chi connectivity index (χ1) is 9.65. The molecule has 6 nitrogen and oxygen atoms in total. The van der Waals surface area contributed by atoms with E-state index in [9.17, 15) is 4.79 Å². The minimum atomic E-state index is -0.196. The number of rotatable bonds is 3. The monoisotopic (exact) mass is 287 g/mol. The number of aryl methyl sites for hydroxylation is 2. The van der Waals surface area contributed by atoms with Crippen LogP contribution in [-0.2, 0) is 6.42 Å². The first-order valence-electron chi connectivity index (χ1n) is 6.26. The van der Waals surface area contributed by atoms with Crippen LogP contribution in [0, 0.1) is 6.92 Å². The first-order valence-corrected chi connectivity index (χ1v) is 7.07. The van der Waals surface area contributed by atoms with E-state index < -0.39 is 0 Å². The van der Waals surface area contributed by atoms with Gasteiger partial charge in [-0.1, -0.05) is 18.3 Å². The standard InChI is InChI=1S/C13H13N5OS/c1-3-11-17-18-13(20-11)16-12(19)8-4-5-9-10(6-8)15-7(2)14-9/h4-6H,3H2,1-2H3,(H,14,15)(H,16,18,19). The summed E-state index contributed by atoms with van der Waals surface area (Å²) in [6.07, 6.45) is 0.812. The van der Waals surface area contributed by atoms with Gasteiger partial charge in [-0.15, -0.1) is 10.2 Å². The molecule has 0 saturated heterocycles. The third-order valence-electron chi connectivity index (χ3n) is 2.85. The van der Waals surface area contributed by atoms with Gasteiger partial charge < -0.3 is 4.98 Å². The maximum atomic E-state index is 12.2. The topological polar surface area (TPSA) is 83.6 Å². The van der Waals surface area contributed by atoms with Crippen molar-refractivity contribution >= 4 is 33.4 Å². The molecular weight excluding hydrogens is 274 g/mol. The zero-order valence-electron chi connectivity index (χ0n) is 11.1. The molecule has 20 heavy (non-hydrogen) atoms. The van der Waals surface area contributed by atoms with Gasteiger partial charge in [-0.25, -0.2) is 4.98 Å². The molecule has 7 heteroatoms. The fourth-order valence-corrected chi connectivity index (χ4v) is 2.57. The van der Waals surface area contributed by atoms with E-state index in [-0.39, 0.29) is 5.91 Å². The highest BCUT2D eigenvalue weighted by molar-refractivity contribution is 7.15. The molecule has 0 spiro atoms. The number of fused-ring (bicyclic) bond motifs is 1. The Hall–Kier alpha value is -2.28. The van der Waals surface area contributed by atoms with Gasteiger partial charge in [0.15, 0.2) is 0 Å². The lowest BCUT2D eigenvalue weighted by molar-refractivity contribution is 0.102. The third-order valence-corrected chi connectivity index (χ3v) is 3.84. The van der Waals surface area contributed by atoms with Gasteiger partial charge in [0.1, 0.15) is 10.8 Å². The van der Waals surface area contributed by atoms with Crippen LogP contribution in [0.4, 0.5) is 5.13 Å². The number of anilines is 1. The molecule has 102 valence electrons. The molecule has 1 aromatic carbocycles. The molecule has 3 rings (SSSR count). The van der Waals surface area contributed by atoms with E-state index in [0.717, 1.165) is 28.3 Å². The lowest BCUT2D eigenvalue weighted by atomic mass is 10.2. The number of hydrogen-bond acceptors (Lipinski definition) is 5. The van der Waals surface area contributed by atoms with E-state index in [1.165, 1.54) is 11.3 Å². The number of amides is 1. The Balaban J connectivity index is 1.84. The van der Waals surface area contributed by atoms with Crippen molar-refractivity contribution in [3.8, 4) is 0 Å². The largest absolute Gasteiger partial charge is 0.342 e. The molecule has 1 amide bonds. The molecule has 2 aromatic heterocycles. The minimum absolute atomic E-state index is 0.196. The average Bonchev–Trinajstić information content (AvgIpc) is 3.02. The average molecular weight is 287 g/mol. The van der Waals surface area contributed by atoms with Gasteiger partial charge in [0.2, 0.25) is 5.13 Å². The van der Waals surface area contributed by atoms with Crippen molar-refractivity contribution in [3.05, 3.63) is 34.6 Å². The molecule has 0 radical (unpaired) electrons. The number of nitrogens with zero attached hydrogens (tertiary/aromatic N) is 3. The SMILES string of the molecule is CCc1nnc(NC(=O)c2ccc3nc(C)[nH]c3c2)s1. The summed E-state index contributed by atoms with van der Waals surface area (Å²) in [5, 5.41) is 12.1. The number of imidazole rings is 1. The van der Waals surface area contributed by atoms with Crippen LogP contribution in [0.5, 0.6) is 0 Å². The summed E-state index contributed by atoms with van der Waals surface area (Å²) in [4.78, 5) is 19.6. The second-order valence-electron chi connectivity index (χ2n) is 4.36. The third kappa shape index (κ3) is 2.39. The zero-order chi connectivity index (χ0) is 14.1. The molecule has 0 bridgehead atoms. The van der Waals surface area contributed by atoms with Crippen molar-refractivity contribution in [2.24, 2.45) is 0 Å². The van der Waals surface area contributed by atoms with Crippen molar-refractivity contribution < 1.29 is 4.79 Å². The summed E-state index contributed by atoms with van der Waals surface area (Å²) in [6, 6.07) is 5.36. The van der Waals surface area contributed by atoms with Crippen LogP contribution in [0.1, 0.15) is 28.1 Å². The van der Waals surface area contributed by atoms with Crippen molar-refractivity contribution in [2.45, 2.75) is 20.3 Å². The van der Waals surface area contributed by atoms with E-state index in [2.05, 4.69) is 25.5 Å². The first kappa shape index (κ1) is 12.7. The summed E-state index contributed by atoms with van der Waals surface area (Å²) in [5.41, 5.74) is 2.26. The molecule has 0 aliphatic carbocycles. The van der Waals surface area contributed by atoms with E-state index in [0.29, 0.717) is 10.7 Å². The Bertz CT molecular complexity index is 776. The number of hydrogen-bond donors (Lipinski definition) is 2. The Morgan fingerprint density at radius 3 is 3.00 bits per heavy atom. The normalized spacial score (nSPS) is 10.9. The van der Waals surface area contributed by atoms with Crippen molar-refractivity contribution in [2.75, 3.05) is 5.32 Å². The van der Waals surface area contributed by atoms with Crippen LogP contribution in [0.2, 0.25) is 0 Å². The highest BCUT2D eigenvalue weighted by atomic mass is 32.1. The quantitative estimate of drug-likeness (QED) is 0.775. The van der Waals surface area contributed by atoms with Gasteiger partial charge in [-0.05, 0) is 31.5 Å². The maximum absolute atomic E-state index is 12.2. The van der Waals surface area contributed by atoms with E-state index in [1.807, 2.05) is 19.9 Å². The number of carbonyl (C=O) groups is 1. The van der Waals surface area contributed by atoms with Gasteiger partial charge in [0, 0.05) is 5.56 Å². The number of carbonyl (C=O) groups excluding carboxylic acids is 1. The lowest BCUT2D eigenvalue weighted by Gasteiger charge is -2.00. The van der Waals surface area contributed by atoms with Crippen LogP contribution in [0.25, 0.3) is 11.0 Å². The van der Waals surface area contributed by atoms with Crippen molar-refractivity contribution in [1.29, 1.82) is 0 Å². The molecule has 0 aliphatic heterocycles. The Labute approximate surface area is 119 Å². The van der Waals surface area contributed by atoms with Crippen LogP contribution in [0.3, 0.4) is 0 Å². The summed E-state index contributed by atoms with van der Waals surface area (Å²) >= 11 is 1.39. The van der Waals surface area contributed by atoms with E-state index in [1.54, 1.807) is 12.1 Å². The van der Waals surface area contributed by atoms with Crippen molar-refractivity contribution in [1.82, 2.24) is 20.2 Å². The Morgan fingerprint density at radius 1 is 1.40 bits per heavy atom. The summed E-state index contributed by atoms with van der Waals surface area (Å²) in [7, 11) is 0. The van der Waals surface area contributed by atoms with E-state index >= 15 is 0 Å². The zero-order valence-corrected chi connectivity index (χ0v) is 11.9. The molecule has 0 atom stereocenters. The van der Waals surface area contributed by atoms with Gasteiger partial charge >= 0.3 is 0 Å². The molecule has 2 heterocycles. The molecule has 3 aromatic rings. The smallest absolute Gasteiger partial charge is 0.257 e. The molecule has 0 fully saturated rings. The molecule has 2 N–H and O–H groups in total. The summed E-state index contributed by atoms with van der Waals surface area (Å²) < 4.78 is 0. The van der Waals surface area contributed by atoms with Gasteiger partial charge in [-0.2, -0.15) is 0 Å². The van der Waals surface area contributed by atoms with Crippen LogP contribution in [0.15, 0.2) is 18.2 Å². The highest BCUT2D eigenvalue weighted by Gasteiger charge is 2.11. The fourth-order valence-electron chi connectivity index (χ4n) is 1.89. The lowest BCUT2D eigenvalue weighted by Crippen LogP contribution is -2.11. The predicted octanol–water partition coefficient (Wildman–Crippen LogP) is 2.54. The van der Waals surface area contributed by atoms with Crippen LogP contribution >= 0.6 is 11.3 Å². The number of aromatic nitrogens is 4. The second-order valence-corrected chi connectivity index (χ2v) is 5.42. The number of nitrogens with one attached hydrogen (secondary N) is 2. The van der Waals surface area contributed by atoms with Gasteiger partial charge in [-0.3, -0.25) is 10.1 Å². The van der Waals surface area contributed by atoms with Gasteiger partial charge in [0.05, 0.1) is 11.0 Å². The highest BCUT2D eigenvalue weighted by Crippen LogP contribution is 2.18. The fraction of sp³-hybridized carbons (Fsp3) is 0.231. The molecule has 0 aliphatic rings. The van der Waals surface area contributed by atoms with Crippen LogP contribution in [-0.4, -0.2) is 26.1 Å². The minimum Gasteiger partial charge on any atom is -0.342 e. The van der Waals surface area contributed by atoms with Gasteiger partial charge in [0.25, 0.3) is 5.91 Å². The summed E-state index contributed by atoms with van der Waals surface area (Å²) in [5.74, 6) is 0.632. The van der Waals surface area contributed by atoms with Crippen LogP contribution < -0.4 is 5.32 Å². The Morgan fingerprint density at radius 2 is 2.25 bits per heavy atom. The number of aromatic amines is 1. The number of benzene rings is 1. The summed E-state index contributed by atoms with van der Waals surface area (Å²) in [6.45, 7) is 3.88. The van der Waals surface area contributed by atoms with Crippen molar-refractivity contribution in [3.63, 3.8) is 0 Å². The molecule has 0 unspecified atom stereocenters.